The van der Waals surface area contributed by atoms with Crippen LogP contribution in [0.5, 0.6) is 5.75 Å². The van der Waals surface area contributed by atoms with Crippen LogP contribution in [0.15, 0.2) is 30.4 Å². The Morgan fingerprint density at radius 2 is 2.00 bits per heavy atom. The van der Waals surface area contributed by atoms with Crippen LogP contribution in [-0.4, -0.2) is 54.1 Å². The van der Waals surface area contributed by atoms with Gasteiger partial charge in [-0.1, -0.05) is 63.0 Å². The predicted molar refractivity (Wildman–Crippen MR) is 123 cm³/mol. The zero-order valence-electron chi connectivity index (χ0n) is 19.1. The summed E-state index contributed by atoms with van der Waals surface area (Å²) in [5, 5.41) is 20.9. The highest BCUT2D eigenvalue weighted by molar-refractivity contribution is 5.49. The van der Waals surface area contributed by atoms with Gasteiger partial charge in [-0.2, -0.15) is 0 Å². The highest BCUT2D eigenvalue weighted by Gasteiger charge is 2.48. The van der Waals surface area contributed by atoms with Crippen LogP contribution in [0.1, 0.15) is 75.3 Å². The predicted octanol–water partition coefficient (Wildman–Crippen LogP) is 4.68. The number of para-hydroxylation sites is 1. The van der Waals surface area contributed by atoms with E-state index in [-0.39, 0.29) is 17.9 Å². The molecule has 168 valence electrons. The lowest BCUT2D eigenvalue weighted by Gasteiger charge is -2.18. The van der Waals surface area contributed by atoms with Crippen LogP contribution in [0.4, 0.5) is 0 Å². The Morgan fingerprint density at radius 3 is 2.77 bits per heavy atom. The van der Waals surface area contributed by atoms with Gasteiger partial charge in [0.25, 0.3) is 0 Å². The van der Waals surface area contributed by atoms with Gasteiger partial charge < -0.3 is 19.8 Å². The summed E-state index contributed by atoms with van der Waals surface area (Å²) in [5.41, 5.74) is 2.56. The minimum absolute atomic E-state index is 0.0208. The van der Waals surface area contributed by atoms with Crippen molar-refractivity contribution in [2.75, 3.05) is 20.6 Å². The summed E-state index contributed by atoms with van der Waals surface area (Å²) in [6, 6.07) is 6.52. The van der Waals surface area contributed by atoms with Gasteiger partial charge in [0, 0.05) is 23.8 Å². The van der Waals surface area contributed by atoms with Crippen LogP contribution in [0.3, 0.4) is 0 Å². The van der Waals surface area contributed by atoms with E-state index in [0.29, 0.717) is 6.42 Å². The van der Waals surface area contributed by atoms with Gasteiger partial charge in [0.2, 0.25) is 0 Å². The average molecular weight is 416 g/mol. The Kier molecular flexibility index (Phi) is 8.79. The van der Waals surface area contributed by atoms with Crippen molar-refractivity contribution >= 4 is 0 Å². The minimum atomic E-state index is -0.418. The Balaban J connectivity index is 1.63. The van der Waals surface area contributed by atoms with E-state index in [0.717, 1.165) is 44.4 Å². The smallest absolute Gasteiger partial charge is 0.126 e. The number of hydrogen-bond donors (Lipinski definition) is 2. The molecule has 1 aliphatic heterocycles. The largest absolute Gasteiger partial charge is 0.489 e. The number of aliphatic hydroxyl groups is 2. The van der Waals surface area contributed by atoms with E-state index in [1.807, 2.05) is 6.08 Å². The van der Waals surface area contributed by atoms with Gasteiger partial charge >= 0.3 is 0 Å². The molecule has 1 aromatic carbocycles. The molecule has 1 fully saturated rings. The molecule has 1 aliphatic carbocycles. The standard InChI is InChI=1S/C26H41NO3/c1-4-5-7-13-20(28)15-16-21-23(29)18-24-25(21)22-14-10-12-19(26(22)30-24)11-8-6-9-17-27(2)3/h10,12,14-16,20-21,23-25,28-29H,4-9,11,13,17-18H2,1-3H3/t20-,21-,23+,24-,25-/m0/s1. The molecule has 2 N–H and O–H groups in total. The number of unbranched alkanes of at least 4 members (excludes halogenated alkanes) is 4. The molecule has 4 heteroatoms. The molecule has 0 spiro atoms. The zero-order chi connectivity index (χ0) is 21.5. The molecule has 0 aromatic heterocycles. The van der Waals surface area contributed by atoms with E-state index in [4.69, 9.17) is 4.74 Å². The van der Waals surface area contributed by atoms with Gasteiger partial charge in [-0.25, -0.2) is 0 Å². The molecular formula is C26H41NO3. The van der Waals surface area contributed by atoms with Crippen molar-refractivity contribution in [3.05, 3.63) is 41.5 Å². The Hall–Kier alpha value is -1.36. The Bertz CT molecular complexity index is 687. The normalized spacial score (nSPS) is 26.2. The van der Waals surface area contributed by atoms with E-state index in [9.17, 15) is 10.2 Å². The molecule has 4 nitrogen and oxygen atoms in total. The highest BCUT2D eigenvalue weighted by atomic mass is 16.5. The van der Waals surface area contributed by atoms with Gasteiger partial charge in [-0.15, -0.1) is 0 Å². The average Bonchev–Trinajstić information content (AvgIpc) is 3.21. The molecule has 3 rings (SSSR count). The molecule has 0 saturated heterocycles. The van der Waals surface area contributed by atoms with Gasteiger partial charge in [0.1, 0.15) is 11.9 Å². The lowest BCUT2D eigenvalue weighted by Crippen LogP contribution is -2.17. The second-order valence-electron chi connectivity index (χ2n) is 9.46. The molecule has 5 atom stereocenters. The van der Waals surface area contributed by atoms with Crippen molar-refractivity contribution in [3.8, 4) is 5.75 Å². The summed E-state index contributed by atoms with van der Waals surface area (Å²) in [4.78, 5) is 2.24. The third-order valence-electron chi connectivity index (χ3n) is 6.70. The molecule has 1 heterocycles. The lowest BCUT2D eigenvalue weighted by atomic mass is 9.86. The quantitative estimate of drug-likeness (QED) is 0.384. The summed E-state index contributed by atoms with van der Waals surface area (Å²) in [6.45, 7) is 3.32. The number of fused-ring (bicyclic) bond motifs is 3. The monoisotopic (exact) mass is 415 g/mol. The number of rotatable bonds is 12. The van der Waals surface area contributed by atoms with E-state index in [1.165, 1.54) is 30.4 Å². The first kappa shape index (κ1) is 23.3. The first-order valence-corrected chi connectivity index (χ1v) is 12.0. The molecule has 2 aliphatic rings. The molecule has 1 aromatic rings. The highest BCUT2D eigenvalue weighted by Crippen LogP contribution is 2.52. The first-order chi connectivity index (χ1) is 14.5. The van der Waals surface area contributed by atoms with Crippen molar-refractivity contribution in [3.63, 3.8) is 0 Å². The van der Waals surface area contributed by atoms with E-state index in [2.05, 4.69) is 50.2 Å². The summed E-state index contributed by atoms with van der Waals surface area (Å²) in [6.07, 6.45) is 12.7. The molecule has 0 bridgehead atoms. The second kappa shape index (κ2) is 11.3. The van der Waals surface area contributed by atoms with Crippen LogP contribution in [-0.2, 0) is 6.42 Å². The topological polar surface area (TPSA) is 52.9 Å². The first-order valence-electron chi connectivity index (χ1n) is 12.0. The summed E-state index contributed by atoms with van der Waals surface area (Å²) < 4.78 is 6.38. The number of aliphatic hydroxyl groups excluding tert-OH is 2. The SMILES string of the molecule is CCCCC[C@H](O)C=C[C@@H]1[C@H]2c3cccc(CCCCCN(C)C)c3O[C@H]2C[C@H]1O. The maximum absolute atomic E-state index is 10.6. The van der Waals surface area contributed by atoms with E-state index >= 15 is 0 Å². The fourth-order valence-electron chi connectivity index (χ4n) is 5.04. The van der Waals surface area contributed by atoms with Crippen LogP contribution in [0.25, 0.3) is 0 Å². The Morgan fingerprint density at radius 1 is 1.17 bits per heavy atom. The third kappa shape index (κ3) is 5.87. The number of hydrogen-bond acceptors (Lipinski definition) is 4. The summed E-state index contributed by atoms with van der Waals surface area (Å²) >= 11 is 0. The van der Waals surface area contributed by atoms with E-state index in [1.54, 1.807) is 0 Å². The van der Waals surface area contributed by atoms with Crippen LogP contribution < -0.4 is 4.74 Å². The minimum Gasteiger partial charge on any atom is -0.489 e. The van der Waals surface area contributed by atoms with Crippen molar-refractivity contribution in [2.24, 2.45) is 5.92 Å². The van der Waals surface area contributed by atoms with Crippen molar-refractivity contribution in [2.45, 2.75) is 88.9 Å². The van der Waals surface area contributed by atoms with Gasteiger partial charge in [0.05, 0.1) is 12.2 Å². The third-order valence-corrected chi connectivity index (χ3v) is 6.70. The molecule has 1 saturated carbocycles. The fourth-order valence-corrected chi connectivity index (χ4v) is 5.04. The van der Waals surface area contributed by atoms with Crippen LogP contribution >= 0.6 is 0 Å². The molecule has 30 heavy (non-hydrogen) atoms. The molecule has 0 amide bonds. The van der Waals surface area contributed by atoms with Gasteiger partial charge in [0.15, 0.2) is 0 Å². The number of aryl methyl sites for hydroxylation is 1. The van der Waals surface area contributed by atoms with Crippen molar-refractivity contribution < 1.29 is 14.9 Å². The van der Waals surface area contributed by atoms with Crippen LogP contribution in [0.2, 0.25) is 0 Å². The van der Waals surface area contributed by atoms with Crippen LogP contribution in [0, 0.1) is 5.92 Å². The maximum atomic E-state index is 10.6. The van der Waals surface area contributed by atoms with Crippen molar-refractivity contribution in [1.29, 1.82) is 0 Å². The fraction of sp³-hybridized carbons (Fsp3) is 0.692. The zero-order valence-corrected chi connectivity index (χ0v) is 19.1. The summed E-state index contributed by atoms with van der Waals surface area (Å²) in [5.74, 6) is 1.28. The molecule has 0 unspecified atom stereocenters. The maximum Gasteiger partial charge on any atom is 0.126 e. The lowest BCUT2D eigenvalue weighted by molar-refractivity contribution is 0.135. The summed E-state index contributed by atoms with van der Waals surface area (Å²) in [7, 11) is 4.25. The Labute approximate surface area is 182 Å². The molecular weight excluding hydrogens is 374 g/mol. The van der Waals surface area contributed by atoms with Gasteiger partial charge in [-0.05, 0) is 51.9 Å². The van der Waals surface area contributed by atoms with Gasteiger partial charge in [-0.3, -0.25) is 0 Å². The second-order valence-corrected chi connectivity index (χ2v) is 9.46. The number of ether oxygens (including phenoxy) is 1. The molecule has 0 radical (unpaired) electrons. The van der Waals surface area contributed by atoms with Crippen molar-refractivity contribution in [1.82, 2.24) is 4.90 Å². The number of nitrogens with zero attached hydrogens (tertiary/aromatic N) is 1. The van der Waals surface area contributed by atoms with E-state index < -0.39 is 12.2 Å². The number of benzene rings is 1.